The van der Waals surface area contributed by atoms with Crippen molar-refractivity contribution in [2.75, 3.05) is 13.1 Å². The van der Waals surface area contributed by atoms with Crippen LogP contribution in [-0.4, -0.2) is 13.1 Å². The van der Waals surface area contributed by atoms with E-state index in [0.717, 1.165) is 38.8 Å². The highest BCUT2D eigenvalue weighted by Crippen LogP contribution is 2.40. The zero-order valence-corrected chi connectivity index (χ0v) is 13.5. The lowest BCUT2D eigenvalue weighted by atomic mass is 9.85. The maximum atomic E-state index is 4.38. The van der Waals surface area contributed by atoms with E-state index in [1.165, 1.54) is 27.8 Å². The van der Waals surface area contributed by atoms with Gasteiger partial charge in [0.15, 0.2) is 0 Å². The Morgan fingerprint density at radius 2 is 1.82 bits per heavy atom. The Bertz CT molecular complexity index is 650. The molecule has 0 radical (unpaired) electrons. The predicted octanol–water partition coefficient (Wildman–Crippen LogP) is 4.83. The average molecular weight is 291 g/mol. The van der Waals surface area contributed by atoms with E-state index in [2.05, 4.69) is 61.3 Å². The molecular formula is C21H25N. The summed E-state index contributed by atoms with van der Waals surface area (Å²) in [5.41, 5.74) is 8.56. The molecule has 1 heteroatoms. The molecule has 1 aliphatic carbocycles. The first-order valence-electron chi connectivity index (χ1n) is 8.33. The van der Waals surface area contributed by atoms with Gasteiger partial charge in [-0.25, -0.2) is 0 Å². The molecule has 0 amide bonds. The quantitative estimate of drug-likeness (QED) is 0.731. The van der Waals surface area contributed by atoms with Gasteiger partial charge in [-0.1, -0.05) is 54.6 Å². The molecule has 114 valence electrons. The summed E-state index contributed by atoms with van der Waals surface area (Å²) < 4.78 is 0. The fourth-order valence-electron chi connectivity index (χ4n) is 3.48. The molecule has 22 heavy (non-hydrogen) atoms. The Morgan fingerprint density at radius 1 is 1.05 bits per heavy atom. The largest absolute Gasteiger partial charge is 0.316 e. The number of aryl methyl sites for hydroxylation is 1. The summed E-state index contributed by atoms with van der Waals surface area (Å²) in [5, 5.41) is 3.47. The Kier molecular flexibility index (Phi) is 4.74. The van der Waals surface area contributed by atoms with Crippen LogP contribution in [0.2, 0.25) is 0 Å². The lowest BCUT2D eigenvalue weighted by molar-refractivity contribution is 0.611. The molecule has 3 rings (SSSR count). The van der Waals surface area contributed by atoms with Crippen LogP contribution in [0.5, 0.6) is 0 Å². The van der Waals surface area contributed by atoms with Gasteiger partial charge < -0.3 is 5.32 Å². The van der Waals surface area contributed by atoms with Crippen LogP contribution in [0.25, 0.3) is 5.57 Å². The SMILES string of the molecule is C=C1CCc2ccccc2C(=C2CCNCC2)/C1=C/C=C\C. The van der Waals surface area contributed by atoms with Crippen molar-refractivity contribution in [2.24, 2.45) is 0 Å². The van der Waals surface area contributed by atoms with Gasteiger partial charge in [-0.05, 0) is 73.5 Å². The minimum atomic E-state index is 1.05. The highest BCUT2D eigenvalue weighted by Gasteiger charge is 2.22. The normalized spacial score (nSPS) is 21.3. The van der Waals surface area contributed by atoms with E-state index in [9.17, 15) is 0 Å². The summed E-state index contributed by atoms with van der Waals surface area (Å²) in [7, 11) is 0. The molecule has 0 saturated carbocycles. The molecule has 0 atom stereocenters. The lowest BCUT2D eigenvalue weighted by Crippen LogP contribution is -2.24. The topological polar surface area (TPSA) is 12.0 Å². The first-order valence-corrected chi connectivity index (χ1v) is 8.33. The molecule has 2 aliphatic rings. The van der Waals surface area contributed by atoms with E-state index in [4.69, 9.17) is 0 Å². The first kappa shape index (κ1) is 15.1. The van der Waals surface area contributed by atoms with E-state index in [0.29, 0.717) is 0 Å². The second kappa shape index (κ2) is 6.93. The number of hydrogen-bond acceptors (Lipinski definition) is 1. The zero-order valence-electron chi connectivity index (χ0n) is 13.5. The van der Waals surface area contributed by atoms with Crippen molar-refractivity contribution in [1.29, 1.82) is 0 Å². The molecule has 1 aromatic rings. The van der Waals surface area contributed by atoms with E-state index in [1.807, 2.05) is 0 Å². The molecule has 0 unspecified atom stereocenters. The molecule has 1 heterocycles. The summed E-state index contributed by atoms with van der Waals surface area (Å²) >= 11 is 0. The van der Waals surface area contributed by atoms with Crippen molar-refractivity contribution >= 4 is 5.57 Å². The number of hydrogen-bond donors (Lipinski definition) is 1. The van der Waals surface area contributed by atoms with E-state index >= 15 is 0 Å². The van der Waals surface area contributed by atoms with Crippen LogP contribution in [-0.2, 0) is 6.42 Å². The van der Waals surface area contributed by atoms with Crippen molar-refractivity contribution in [3.05, 3.63) is 76.9 Å². The smallest absolute Gasteiger partial charge is 0.00111 e. The molecule has 1 nitrogen and oxygen atoms in total. The fourth-order valence-corrected chi connectivity index (χ4v) is 3.48. The van der Waals surface area contributed by atoms with E-state index in [-0.39, 0.29) is 0 Å². The summed E-state index contributed by atoms with van der Waals surface area (Å²) in [6, 6.07) is 8.90. The highest BCUT2D eigenvalue weighted by atomic mass is 14.9. The minimum Gasteiger partial charge on any atom is -0.316 e. The van der Waals surface area contributed by atoms with Crippen LogP contribution in [0.15, 0.2) is 65.8 Å². The highest BCUT2D eigenvalue weighted by molar-refractivity contribution is 5.88. The van der Waals surface area contributed by atoms with Gasteiger partial charge in [-0.2, -0.15) is 0 Å². The maximum absolute atomic E-state index is 4.38. The minimum absolute atomic E-state index is 1.05. The van der Waals surface area contributed by atoms with Gasteiger partial charge in [0.2, 0.25) is 0 Å². The predicted molar refractivity (Wildman–Crippen MR) is 95.8 cm³/mol. The fraction of sp³-hybridized carbons (Fsp3) is 0.333. The van der Waals surface area contributed by atoms with Crippen LogP contribution >= 0.6 is 0 Å². The standard InChI is InChI=1S/C21H25N/c1-3-4-8-19-16(2)10-11-17-7-5-6-9-20(17)21(19)18-12-14-22-15-13-18/h3-9,22H,2,10-15H2,1H3/b4-3-,19-8+. The number of nitrogens with one attached hydrogen (secondary N) is 1. The second-order valence-corrected chi connectivity index (χ2v) is 6.10. The summed E-state index contributed by atoms with van der Waals surface area (Å²) in [6.45, 7) is 8.63. The molecule has 1 aromatic carbocycles. The van der Waals surface area contributed by atoms with Gasteiger partial charge in [-0.15, -0.1) is 0 Å². The van der Waals surface area contributed by atoms with Crippen LogP contribution in [0.1, 0.15) is 37.3 Å². The van der Waals surface area contributed by atoms with Crippen molar-refractivity contribution < 1.29 is 0 Å². The van der Waals surface area contributed by atoms with Crippen LogP contribution in [0.4, 0.5) is 0 Å². The first-order chi connectivity index (χ1) is 10.8. The Balaban J connectivity index is 2.21. The third kappa shape index (κ3) is 3.00. The van der Waals surface area contributed by atoms with Crippen LogP contribution in [0, 0.1) is 0 Å². The van der Waals surface area contributed by atoms with Crippen LogP contribution in [0.3, 0.4) is 0 Å². The molecule has 1 N–H and O–H groups in total. The number of rotatable bonds is 1. The number of benzene rings is 1. The summed E-state index contributed by atoms with van der Waals surface area (Å²) in [6.07, 6.45) is 10.9. The third-order valence-electron chi connectivity index (χ3n) is 4.65. The Morgan fingerprint density at radius 3 is 2.59 bits per heavy atom. The monoisotopic (exact) mass is 291 g/mol. The van der Waals surface area contributed by atoms with E-state index in [1.54, 1.807) is 5.57 Å². The van der Waals surface area contributed by atoms with Crippen molar-refractivity contribution in [1.82, 2.24) is 5.32 Å². The number of fused-ring (bicyclic) bond motifs is 1. The average Bonchev–Trinajstić information content (AvgIpc) is 2.71. The molecular weight excluding hydrogens is 266 g/mol. The van der Waals surface area contributed by atoms with Gasteiger partial charge in [0.05, 0.1) is 0 Å². The Labute approximate surface area is 134 Å². The molecule has 0 aromatic heterocycles. The molecule has 1 saturated heterocycles. The number of allylic oxidation sites excluding steroid dienone is 6. The molecule has 1 fully saturated rings. The summed E-state index contributed by atoms with van der Waals surface area (Å²) in [5.74, 6) is 0. The zero-order chi connectivity index (χ0) is 15.4. The van der Waals surface area contributed by atoms with E-state index < -0.39 is 0 Å². The van der Waals surface area contributed by atoms with Gasteiger partial charge >= 0.3 is 0 Å². The van der Waals surface area contributed by atoms with Gasteiger partial charge in [0, 0.05) is 0 Å². The maximum Gasteiger partial charge on any atom is -0.00111 e. The summed E-state index contributed by atoms with van der Waals surface area (Å²) in [4.78, 5) is 0. The Hall–Kier alpha value is -1.86. The van der Waals surface area contributed by atoms with Gasteiger partial charge in [0.1, 0.15) is 0 Å². The van der Waals surface area contributed by atoms with Crippen molar-refractivity contribution in [3.63, 3.8) is 0 Å². The van der Waals surface area contributed by atoms with Crippen molar-refractivity contribution in [2.45, 2.75) is 32.6 Å². The van der Waals surface area contributed by atoms with Gasteiger partial charge in [-0.3, -0.25) is 0 Å². The lowest BCUT2D eigenvalue weighted by Gasteiger charge is -2.23. The number of piperidine rings is 1. The van der Waals surface area contributed by atoms with Gasteiger partial charge in [0.25, 0.3) is 0 Å². The second-order valence-electron chi connectivity index (χ2n) is 6.10. The third-order valence-corrected chi connectivity index (χ3v) is 4.65. The van der Waals surface area contributed by atoms with Crippen LogP contribution < -0.4 is 5.32 Å². The molecule has 1 aliphatic heterocycles. The molecule has 0 bridgehead atoms. The molecule has 0 spiro atoms. The van der Waals surface area contributed by atoms with Crippen molar-refractivity contribution in [3.8, 4) is 0 Å².